The summed E-state index contributed by atoms with van der Waals surface area (Å²) in [5.41, 5.74) is 1.67. The van der Waals surface area contributed by atoms with E-state index in [1.807, 2.05) is 18.2 Å². The van der Waals surface area contributed by atoms with Gasteiger partial charge in [0.15, 0.2) is 0 Å². The van der Waals surface area contributed by atoms with Crippen LogP contribution in [0.2, 0.25) is 0 Å². The van der Waals surface area contributed by atoms with Gasteiger partial charge in [-0.15, -0.1) is 0 Å². The molecule has 0 radical (unpaired) electrons. The first-order valence-corrected chi connectivity index (χ1v) is 6.43. The monoisotopic (exact) mass is 260 g/mol. The number of H-pyrrole nitrogens is 1. The maximum atomic E-state index is 11.9. The van der Waals surface area contributed by atoms with Crippen LogP contribution < -0.4 is 10.6 Å². The van der Waals surface area contributed by atoms with Gasteiger partial charge in [-0.2, -0.15) is 5.10 Å². The third-order valence-electron chi connectivity index (χ3n) is 2.76. The van der Waals surface area contributed by atoms with Crippen LogP contribution in [0.1, 0.15) is 27.2 Å². The molecule has 0 spiro atoms. The number of nitrogens with one attached hydrogen (secondary N) is 3. The Morgan fingerprint density at radius 1 is 1.37 bits per heavy atom. The van der Waals surface area contributed by atoms with E-state index in [9.17, 15) is 4.79 Å². The summed E-state index contributed by atoms with van der Waals surface area (Å²) < 4.78 is 0. The van der Waals surface area contributed by atoms with Crippen LogP contribution in [0.5, 0.6) is 0 Å². The second-order valence-corrected chi connectivity index (χ2v) is 5.61. The highest BCUT2D eigenvalue weighted by molar-refractivity contribution is 6.00. The molecular weight excluding hydrogens is 240 g/mol. The molecule has 0 saturated heterocycles. The van der Waals surface area contributed by atoms with Crippen LogP contribution in [0.4, 0.5) is 5.69 Å². The van der Waals surface area contributed by atoms with Crippen molar-refractivity contribution in [2.45, 2.75) is 32.7 Å². The second-order valence-electron chi connectivity index (χ2n) is 5.61. The lowest BCUT2D eigenvalue weighted by molar-refractivity contribution is -0.116. The molecule has 5 nitrogen and oxygen atoms in total. The molecule has 1 aromatic heterocycles. The van der Waals surface area contributed by atoms with Crippen molar-refractivity contribution in [3.05, 3.63) is 24.4 Å². The second kappa shape index (κ2) is 5.40. The Morgan fingerprint density at radius 2 is 2.16 bits per heavy atom. The molecule has 0 bridgehead atoms. The van der Waals surface area contributed by atoms with Crippen molar-refractivity contribution in [1.82, 2.24) is 15.5 Å². The van der Waals surface area contributed by atoms with Crippen LogP contribution in [-0.4, -0.2) is 28.2 Å². The molecule has 0 fully saturated rings. The largest absolute Gasteiger partial charge is 0.324 e. The highest BCUT2D eigenvalue weighted by Crippen LogP contribution is 2.20. The average molecular weight is 260 g/mol. The Hall–Kier alpha value is -1.88. The fourth-order valence-corrected chi connectivity index (χ4v) is 1.84. The highest BCUT2D eigenvalue weighted by atomic mass is 16.1. The summed E-state index contributed by atoms with van der Waals surface area (Å²) in [6.45, 7) is 6.90. The number of anilines is 1. The van der Waals surface area contributed by atoms with Gasteiger partial charge in [-0.05, 0) is 26.8 Å². The standard InChI is InChI=1S/C14H20N4O/c1-14(2,3)15-8-7-12(19)17-11-6-4-5-10-9-16-18-13(10)11/h4-6,9,15H,7-8H2,1-3H3,(H,16,18)(H,17,19). The number of fused-ring (bicyclic) bond motifs is 1. The fourth-order valence-electron chi connectivity index (χ4n) is 1.84. The summed E-state index contributed by atoms with van der Waals surface area (Å²) in [6.07, 6.45) is 2.19. The van der Waals surface area contributed by atoms with Crippen molar-refractivity contribution in [1.29, 1.82) is 0 Å². The summed E-state index contributed by atoms with van der Waals surface area (Å²) >= 11 is 0. The summed E-state index contributed by atoms with van der Waals surface area (Å²) in [5, 5.41) is 14.1. The molecule has 1 amide bonds. The normalized spacial score (nSPS) is 11.7. The zero-order chi connectivity index (χ0) is 13.9. The van der Waals surface area contributed by atoms with E-state index in [1.54, 1.807) is 6.20 Å². The predicted octanol–water partition coefficient (Wildman–Crippen LogP) is 2.28. The lowest BCUT2D eigenvalue weighted by Gasteiger charge is -2.20. The van der Waals surface area contributed by atoms with E-state index < -0.39 is 0 Å². The number of carbonyl (C=O) groups is 1. The molecule has 0 saturated carbocycles. The minimum atomic E-state index is -0.00106. The Bertz CT molecular complexity index is 568. The molecule has 0 aliphatic rings. The number of hydrogen-bond donors (Lipinski definition) is 3. The summed E-state index contributed by atoms with van der Waals surface area (Å²) in [5.74, 6) is -0.00106. The molecular formula is C14H20N4O. The third kappa shape index (κ3) is 3.79. The zero-order valence-electron chi connectivity index (χ0n) is 11.6. The Balaban J connectivity index is 1.94. The van der Waals surface area contributed by atoms with E-state index in [0.29, 0.717) is 13.0 Å². The number of carbonyl (C=O) groups excluding carboxylic acids is 1. The summed E-state index contributed by atoms with van der Waals surface area (Å²) in [7, 11) is 0. The van der Waals surface area contributed by atoms with Crippen LogP contribution in [0.15, 0.2) is 24.4 Å². The van der Waals surface area contributed by atoms with Crippen LogP contribution in [0.25, 0.3) is 10.9 Å². The summed E-state index contributed by atoms with van der Waals surface area (Å²) in [4.78, 5) is 11.9. The lowest BCUT2D eigenvalue weighted by atomic mass is 10.1. The van der Waals surface area contributed by atoms with Gasteiger partial charge in [0, 0.05) is 23.9 Å². The molecule has 2 aromatic rings. The van der Waals surface area contributed by atoms with Gasteiger partial charge in [-0.25, -0.2) is 0 Å². The predicted molar refractivity (Wildman–Crippen MR) is 77.1 cm³/mol. The average Bonchev–Trinajstić information content (AvgIpc) is 2.76. The maximum absolute atomic E-state index is 11.9. The highest BCUT2D eigenvalue weighted by Gasteiger charge is 2.10. The number of benzene rings is 1. The number of aromatic amines is 1. The van der Waals surface area contributed by atoms with Crippen LogP contribution >= 0.6 is 0 Å². The van der Waals surface area contributed by atoms with Crippen LogP contribution in [0, 0.1) is 0 Å². The first-order chi connectivity index (χ1) is 8.96. The SMILES string of the molecule is CC(C)(C)NCCC(=O)Nc1cccc2cn[nH]c12. The van der Waals surface area contributed by atoms with Crippen molar-refractivity contribution in [3.8, 4) is 0 Å². The Kier molecular flexibility index (Phi) is 3.85. The van der Waals surface area contributed by atoms with Crippen LogP contribution in [0.3, 0.4) is 0 Å². The first-order valence-electron chi connectivity index (χ1n) is 6.43. The van der Waals surface area contributed by atoms with Gasteiger partial charge in [0.1, 0.15) is 0 Å². The molecule has 0 aliphatic heterocycles. The minimum absolute atomic E-state index is 0.00106. The molecule has 3 N–H and O–H groups in total. The van der Waals surface area contributed by atoms with Crippen LogP contribution in [-0.2, 0) is 4.79 Å². The molecule has 19 heavy (non-hydrogen) atoms. The number of amides is 1. The quantitative estimate of drug-likeness (QED) is 0.790. The lowest BCUT2D eigenvalue weighted by Crippen LogP contribution is -2.37. The van der Waals surface area contributed by atoms with Crippen molar-refractivity contribution < 1.29 is 4.79 Å². The molecule has 0 unspecified atom stereocenters. The molecule has 0 atom stereocenters. The van der Waals surface area contributed by atoms with Gasteiger partial charge in [-0.1, -0.05) is 12.1 Å². The number of rotatable bonds is 4. The minimum Gasteiger partial charge on any atom is -0.324 e. The fraction of sp³-hybridized carbons (Fsp3) is 0.429. The summed E-state index contributed by atoms with van der Waals surface area (Å²) in [6, 6.07) is 5.73. The van der Waals surface area contributed by atoms with Gasteiger partial charge >= 0.3 is 0 Å². The zero-order valence-corrected chi connectivity index (χ0v) is 11.6. The van der Waals surface area contributed by atoms with Gasteiger partial charge in [0.2, 0.25) is 5.91 Å². The van der Waals surface area contributed by atoms with Gasteiger partial charge in [-0.3, -0.25) is 9.89 Å². The molecule has 0 aliphatic carbocycles. The molecule has 102 valence electrons. The Morgan fingerprint density at radius 3 is 2.89 bits per heavy atom. The smallest absolute Gasteiger partial charge is 0.225 e. The molecule has 2 rings (SSSR count). The molecule has 1 aromatic carbocycles. The van der Waals surface area contributed by atoms with Crippen molar-refractivity contribution in [3.63, 3.8) is 0 Å². The van der Waals surface area contributed by atoms with Crippen molar-refractivity contribution in [2.24, 2.45) is 0 Å². The van der Waals surface area contributed by atoms with Crippen molar-refractivity contribution >= 4 is 22.5 Å². The number of para-hydroxylation sites is 1. The van der Waals surface area contributed by atoms with E-state index in [0.717, 1.165) is 16.6 Å². The maximum Gasteiger partial charge on any atom is 0.225 e. The van der Waals surface area contributed by atoms with E-state index in [2.05, 4.69) is 41.6 Å². The third-order valence-corrected chi connectivity index (χ3v) is 2.76. The van der Waals surface area contributed by atoms with E-state index >= 15 is 0 Å². The van der Waals surface area contributed by atoms with E-state index in [1.165, 1.54) is 0 Å². The van der Waals surface area contributed by atoms with Gasteiger partial charge < -0.3 is 10.6 Å². The number of nitrogens with zero attached hydrogens (tertiary/aromatic N) is 1. The first kappa shape index (κ1) is 13.5. The van der Waals surface area contributed by atoms with Gasteiger partial charge in [0.25, 0.3) is 0 Å². The molecule has 5 heteroatoms. The topological polar surface area (TPSA) is 69.8 Å². The van der Waals surface area contributed by atoms with E-state index in [4.69, 9.17) is 0 Å². The number of hydrogen-bond acceptors (Lipinski definition) is 3. The molecule has 1 heterocycles. The van der Waals surface area contributed by atoms with Crippen molar-refractivity contribution in [2.75, 3.05) is 11.9 Å². The number of aromatic nitrogens is 2. The Labute approximate surface area is 112 Å². The van der Waals surface area contributed by atoms with E-state index in [-0.39, 0.29) is 11.4 Å². The van der Waals surface area contributed by atoms with Gasteiger partial charge in [0.05, 0.1) is 17.4 Å².